The van der Waals surface area contributed by atoms with Crippen molar-refractivity contribution in [1.82, 2.24) is 0 Å². The molecule has 25 heavy (non-hydrogen) atoms. The van der Waals surface area contributed by atoms with Gasteiger partial charge >= 0.3 is 0 Å². The Bertz CT molecular complexity index is 649. The highest BCUT2D eigenvalue weighted by Crippen LogP contribution is 2.52. The first-order chi connectivity index (χ1) is 12.1. The van der Waals surface area contributed by atoms with Crippen molar-refractivity contribution in [2.24, 2.45) is 0 Å². The zero-order valence-corrected chi connectivity index (χ0v) is 16.1. The van der Waals surface area contributed by atoms with E-state index in [4.69, 9.17) is 0 Å². The van der Waals surface area contributed by atoms with Gasteiger partial charge in [-0.2, -0.15) is 0 Å². The number of amides is 1. The van der Waals surface area contributed by atoms with Crippen LogP contribution in [0.15, 0.2) is 60.7 Å². The van der Waals surface area contributed by atoms with Crippen LogP contribution in [0.4, 0.5) is 16.2 Å². The number of anilines is 2. The first-order valence-electron chi connectivity index (χ1n) is 9.15. The van der Waals surface area contributed by atoms with Crippen molar-refractivity contribution >= 4 is 24.2 Å². The summed E-state index contributed by atoms with van der Waals surface area (Å²) in [5.41, 5.74) is 1.31. The van der Waals surface area contributed by atoms with Crippen LogP contribution < -0.4 is 4.90 Å². The number of benzene rings is 2. The molecule has 3 nitrogen and oxygen atoms in total. The minimum atomic E-state index is -2.94. The molecule has 134 valence electrons. The zero-order chi connectivity index (χ0) is 18.1. The number of carbonyl (C=O) groups is 1. The van der Waals surface area contributed by atoms with Gasteiger partial charge in [0.2, 0.25) is 0 Å². The van der Waals surface area contributed by atoms with Gasteiger partial charge in [0.25, 0.3) is 5.65 Å². The Hall–Kier alpha value is -1.86. The average molecular weight is 357 g/mol. The fraction of sp³-hybridized carbons (Fsp3) is 0.381. The second-order valence-corrected chi connectivity index (χ2v) is 9.39. The quantitative estimate of drug-likeness (QED) is 0.457. The van der Waals surface area contributed by atoms with Crippen molar-refractivity contribution in [3.63, 3.8) is 0 Å². The lowest BCUT2D eigenvalue weighted by molar-refractivity contribution is 0.264. The van der Waals surface area contributed by atoms with Crippen LogP contribution >= 0.6 is 7.14 Å². The lowest BCUT2D eigenvalue weighted by Crippen LogP contribution is -2.26. The predicted octanol–water partition coefficient (Wildman–Crippen LogP) is 6.91. The van der Waals surface area contributed by atoms with Crippen LogP contribution in [-0.4, -0.2) is 18.0 Å². The summed E-state index contributed by atoms with van der Waals surface area (Å²) in [7, 11) is -2.94. The summed E-state index contributed by atoms with van der Waals surface area (Å²) in [6.07, 6.45) is 4.53. The summed E-state index contributed by atoms with van der Waals surface area (Å²) in [6.45, 7) is 4.14. The van der Waals surface area contributed by atoms with Gasteiger partial charge in [0.05, 0.1) is 0 Å². The van der Waals surface area contributed by atoms with Crippen molar-refractivity contribution in [3.8, 4) is 0 Å². The van der Waals surface area contributed by atoms with Crippen molar-refractivity contribution in [3.05, 3.63) is 60.7 Å². The molecule has 4 heteroatoms. The van der Waals surface area contributed by atoms with E-state index in [-0.39, 0.29) is 5.65 Å². The molecule has 0 aliphatic heterocycles. The number of carbonyl (C=O) groups excluding carboxylic acids is 1. The topological polar surface area (TPSA) is 37.4 Å². The van der Waals surface area contributed by atoms with E-state index in [2.05, 4.69) is 13.8 Å². The zero-order valence-electron chi connectivity index (χ0n) is 15.2. The van der Waals surface area contributed by atoms with Crippen LogP contribution in [0.3, 0.4) is 0 Å². The Morgan fingerprint density at radius 3 is 1.56 bits per heavy atom. The van der Waals surface area contributed by atoms with Crippen molar-refractivity contribution in [2.45, 2.75) is 39.5 Å². The van der Waals surface area contributed by atoms with Gasteiger partial charge in [-0.3, -0.25) is 9.69 Å². The van der Waals surface area contributed by atoms with E-state index in [1.807, 2.05) is 60.7 Å². The molecule has 0 saturated carbocycles. The van der Waals surface area contributed by atoms with Crippen LogP contribution in [0.1, 0.15) is 39.5 Å². The third-order valence-corrected chi connectivity index (χ3v) is 7.29. The third-order valence-electron chi connectivity index (χ3n) is 4.31. The molecule has 0 saturated heterocycles. The minimum Gasteiger partial charge on any atom is -0.313 e. The van der Waals surface area contributed by atoms with Crippen LogP contribution in [0.25, 0.3) is 0 Å². The molecule has 2 aromatic rings. The maximum absolute atomic E-state index is 13.6. The van der Waals surface area contributed by atoms with Gasteiger partial charge in [0.15, 0.2) is 7.14 Å². The normalized spacial score (nSPS) is 11.3. The Morgan fingerprint density at radius 2 is 1.20 bits per heavy atom. The molecule has 0 atom stereocenters. The Morgan fingerprint density at radius 1 is 0.800 bits per heavy atom. The number of unbranched alkanes of at least 4 members (excludes halogenated alkanes) is 2. The van der Waals surface area contributed by atoms with E-state index in [0.717, 1.165) is 37.1 Å². The van der Waals surface area contributed by atoms with Gasteiger partial charge in [-0.05, 0) is 37.1 Å². The number of hydrogen-bond acceptors (Lipinski definition) is 2. The van der Waals surface area contributed by atoms with Crippen molar-refractivity contribution in [2.75, 3.05) is 17.2 Å². The van der Waals surface area contributed by atoms with E-state index < -0.39 is 7.14 Å². The smallest absolute Gasteiger partial charge is 0.290 e. The highest BCUT2D eigenvalue weighted by molar-refractivity contribution is 7.80. The van der Waals surface area contributed by atoms with Crippen LogP contribution in [-0.2, 0) is 4.57 Å². The lowest BCUT2D eigenvalue weighted by atomic mass is 10.2. The summed E-state index contributed by atoms with van der Waals surface area (Å²) in [5.74, 6) is 0. The molecule has 1 amide bonds. The molecule has 2 aromatic carbocycles. The first-order valence-corrected chi connectivity index (χ1v) is 11.2. The first kappa shape index (κ1) is 19.5. The third kappa shape index (κ3) is 5.06. The molecule has 0 aromatic heterocycles. The number of nitrogens with zero attached hydrogens (tertiary/aromatic N) is 1. The molecule has 0 spiro atoms. The van der Waals surface area contributed by atoms with E-state index in [1.165, 1.54) is 0 Å². The summed E-state index contributed by atoms with van der Waals surface area (Å²) in [5, 5.41) is 0. The summed E-state index contributed by atoms with van der Waals surface area (Å²) in [6, 6.07) is 19.1. The maximum Gasteiger partial charge on any atom is 0.290 e. The second kappa shape index (κ2) is 9.58. The number of rotatable bonds is 9. The molecule has 0 heterocycles. The van der Waals surface area contributed by atoms with E-state index in [0.29, 0.717) is 12.3 Å². The van der Waals surface area contributed by atoms with Gasteiger partial charge in [-0.1, -0.05) is 63.1 Å². The van der Waals surface area contributed by atoms with E-state index in [1.54, 1.807) is 4.90 Å². The molecule has 0 aliphatic carbocycles. The molecule has 0 fully saturated rings. The Balaban J connectivity index is 2.44. The minimum absolute atomic E-state index is 0.230. The fourth-order valence-corrected chi connectivity index (χ4v) is 5.69. The van der Waals surface area contributed by atoms with Gasteiger partial charge in [-0.15, -0.1) is 0 Å². The molecule has 0 radical (unpaired) electrons. The monoisotopic (exact) mass is 357 g/mol. The Kier molecular flexibility index (Phi) is 7.46. The van der Waals surface area contributed by atoms with E-state index >= 15 is 0 Å². The highest BCUT2D eigenvalue weighted by atomic mass is 31.2. The van der Waals surface area contributed by atoms with E-state index in [9.17, 15) is 9.36 Å². The molecule has 2 rings (SSSR count). The fourth-order valence-electron chi connectivity index (χ4n) is 2.84. The summed E-state index contributed by atoms with van der Waals surface area (Å²) >= 11 is 0. The predicted molar refractivity (Wildman–Crippen MR) is 108 cm³/mol. The van der Waals surface area contributed by atoms with Crippen molar-refractivity contribution in [1.29, 1.82) is 0 Å². The van der Waals surface area contributed by atoms with Crippen LogP contribution in [0.5, 0.6) is 0 Å². The average Bonchev–Trinajstić information content (AvgIpc) is 2.66. The molecular formula is C21H28NO2P. The SMILES string of the molecule is CCCCP(=O)(CCCC)C(=O)N(c1ccccc1)c1ccccc1. The molecular weight excluding hydrogens is 329 g/mol. The summed E-state index contributed by atoms with van der Waals surface area (Å²) in [4.78, 5) is 15.1. The van der Waals surface area contributed by atoms with Gasteiger partial charge < -0.3 is 4.57 Å². The lowest BCUT2D eigenvalue weighted by Gasteiger charge is -2.28. The second-order valence-electron chi connectivity index (χ2n) is 6.33. The largest absolute Gasteiger partial charge is 0.313 e. The molecule has 0 unspecified atom stereocenters. The standard InChI is InChI=1S/C21H28NO2P/c1-3-5-17-25(24,18-6-4-2)21(23)22(19-13-9-7-10-14-19)20-15-11-8-12-16-20/h7-16H,3-6,17-18H2,1-2H3. The molecule has 0 aliphatic rings. The van der Waals surface area contributed by atoms with Crippen LogP contribution in [0.2, 0.25) is 0 Å². The van der Waals surface area contributed by atoms with Gasteiger partial charge in [0, 0.05) is 23.7 Å². The highest BCUT2D eigenvalue weighted by Gasteiger charge is 2.35. The Labute approximate surface area is 151 Å². The molecule has 0 bridgehead atoms. The van der Waals surface area contributed by atoms with Crippen LogP contribution in [0, 0.1) is 0 Å². The number of hydrogen-bond donors (Lipinski definition) is 0. The van der Waals surface area contributed by atoms with Gasteiger partial charge in [-0.25, -0.2) is 0 Å². The van der Waals surface area contributed by atoms with Crippen molar-refractivity contribution < 1.29 is 9.36 Å². The number of para-hydroxylation sites is 2. The molecule has 0 N–H and O–H groups in total. The summed E-state index contributed by atoms with van der Waals surface area (Å²) < 4.78 is 13.6. The van der Waals surface area contributed by atoms with Gasteiger partial charge in [0.1, 0.15) is 0 Å². The maximum atomic E-state index is 13.6.